The molecule has 0 saturated heterocycles. The van der Waals surface area contributed by atoms with E-state index in [1.165, 1.54) is 24.3 Å². The molecule has 6 heteroatoms. The van der Waals surface area contributed by atoms with E-state index in [1.54, 1.807) is 48.5 Å². The van der Waals surface area contributed by atoms with E-state index >= 15 is 0 Å². The molecule has 3 rings (SSSR count). The first-order valence-corrected chi connectivity index (χ1v) is 10.4. The van der Waals surface area contributed by atoms with Crippen molar-refractivity contribution in [1.82, 2.24) is 0 Å². The van der Waals surface area contributed by atoms with E-state index in [2.05, 4.69) is 0 Å². The van der Waals surface area contributed by atoms with Gasteiger partial charge in [-0.25, -0.2) is 9.59 Å². The van der Waals surface area contributed by atoms with Gasteiger partial charge in [-0.05, 0) is 100 Å². The SMILES string of the molecule is CC(C)Oc1ccc(OC(=O)c2ccc(C(=O)Oc3ccc(OC(C)C)cc3)cc2)cc1. The quantitative estimate of drug-likeness (QED) is 0.335. The molecular formula is C26H26O6. The fourth-order valence-corrected chi connectivity index (χ4v) is 2.79. The van der Waals surface area contributed by atoms with Gasteiger partial charge in [0.2, 0.25) is 0 Å². The topological polar surface area (TPSA) is 71.1 Å². The predicted molar refractivity (Wildman–Crippen MR) is 121 cm³/mol. The smallest absolute Gasteiger partial charge is 0.343 e. The van der Waals surface area contributed by atoms with Gasteiger partial charge in [0.1, 0.15) is 23.0 Å². The number of carbonyl (C=O) groups excluding carboxylic acids is 2. The molecule has 32 heavy (non-hydrogen) atoms. The van der Waals surface area contributed by atoms with E-state index in [9.17, 15) is 9.59 Å². The van der Waals surface area contributed by atoms with E-state index in [1.807, 2.05) is 27.7 Å². The fourth-order valence-electron chi connectivity index (χ4n) is 2.79. The third kappa shape index (κ3) is 6.60. The number of benzene rings is 3. The minimum atomic E-state index is -0.525. The molecule has 0 aliphatic heterocycles. The summed E-state index contributed by atoms with van der Waals surface area (Å²) in [5, 5.41) is 0. The largest absolute Gasteiger partial charge is 0.491 e. The van der Waals surface area contributed by atoms with Crippen LogP contribution < -0.4 is 18.9 Å². The molecule has 0 heterocycles. The Morgan fingerprint density at radius 1 is 0.500 bits per heavy atom. The maximum atomic E-state index is 12.4. The van der Waals surface area contributed by atoms with Crippen molar-refractivity contribution in [2.75, 3.05) is 0 Å². The van der Waals surface area contributed by atoms with E-state index in [-0.39, 0.29) is 12.2 Å². The summed E-state index contributed by atoms with van der Waals surface area (Å²) in [5.74, 6) is 1.15. The van der Waals surface area contributed by atoms with Gasteiger partial charge in [0.25, 0.3) is 0 Å². The normalized spacial score (nSPS) is 10.7. The van der Waals surface area contributed by atoms with Crippen LogP contribution in [0.4, 0.5) is 0 Å². The average molecular weight is 434 g/mol. The predicted octanol–water partition coefficient (Wildman–Crippen LogP) is 5.70. The summed E-state index contributed by atoms with van der Waals surface area (Å²) in [4.78, 5) is 24.8. The molecule has 0 fully saturated rings. The average Bonchev–Trinajstić information content (AvgIpc) is 2.76. The Kier molecular flexibility index (Phi) is 7.49. The first kappa shape index (κ1) is 22.9. The molecule has 6 nitrogen and oxygen atoms in total. The summed E-state index contributed by atoms with van der Waals surface area (Å²) >= 11 is 0. The molecule has 0 aliphatic rings. The van der Waals surface area contributed by atoms with Crippen molar-refractivity contribution in [3.8, 4) is 23.0 Å². The van der Waals surface area contributed by atoms with E-state index < -0.39 is 11.9 Å². The van der Waals surface area contributed by atoms with Gasteiger partial charge in [0.15, 0.2) is 0 Å². The highest BCUT2D eigenvalue weighted by Crippen LogP contribution is 2.21. The Hall–Kier alpha value is -3.80. The van der Waals surface area contributed by atoms with Crippen molar-refractivity contribution < 1.29 is 28.5 Å². The van der Waals surface area contributed by atoms with Crippen molar-refractivity contribution in [3.05, 3.63) is 83.9 Å². The van der Waals surface area contributed by atoms with E-state index in [4.69, 9.17) is 18.9 Å². The fraction of sp³-hybridized carbons (Fsp3) is 0.231. The lowest BCUT2D eigenvalue weighted by Crippen LogP contribution is -2.11. The molecule has 0 unspecified atom stereocenters. The minimum Gasteiger partial charge on any atom is -0.491 e. The molecule has 0 aliphatic carbocycles. The van der Waals surface area contributed by atoms with Crippen molar-refractivity contribution in [2.24, 2.45) is 0 Å². The summed E-state index contributed by atoms with van der Waals surface area (Å²) in [6, 6.07) is 19.7. The zero-order valence-electron chi connectivity index (χ0n) is 18.5. The van der Waals surface area contributed by atoms with Gasteiger partial charge in [-0.15, -0.1) is 0 Å². The first-order valence-electron chi connectivity index (χ1n) is 10.4. The number of carbonyl (C=O) groups is 2. The molecule has 3 aromatic rings. The molecule has 0 N–H and O–H groups in total. The second-order valence-electron chi connectivity index (χ2n) is 7.63. The lowest BCUT2D eigenvalue weighted by Gasteiger charge is -2.11. The zero-order valence-corrected chi connectivity index (χ0v) is 18.5. The second-order valence-corrected chi connectivity index (χ2v) is 7.63. The Morgan fingerprint density at radius 3 is 1.06 bits per heavy atom. The summed E-state index contributed by atoms with van der Waals surface area (Å²) in [7, 11) is 0. The summed E-state index contributed by atoms with van der Waals surface area (Å²) in [6.07, 6.45) is 0.124. The Balaban J connectivity index is 1.57. The number of hydrogen-bond acceptors (Lipinski definition) is 6. The van der Waals surface area contributed by atoms with Crippen LogP contribution >= 0.6 is 0 Å². The van der Waals surface area contributed by atoms with Gasteiger partial charge in [0, 0.05) is 0 Å². The molecule has 0 atom stereocenters. The van der Waals surface area contributed by atoms with Crippen molar-refractivity contribution in [2.45, 2.75) is 39.9 Å². The molecule has 0 amide bonds. The molecule has 0 radical (unpaired) electrons. The number of esters is 2. The van der Waals surface area contributed by atoms with Crippen molar-refractivity contribution >= 4 is 11.9 Å². The third-order valence-corrected chi connectivity index (χ3v) is 4.17. The second kappa shape index (κ2) is 10.5. The van der Waals surface area contributed by atoms with E-state index in [0.29, 0.717) is 34.1 Å². The molecule has 0 spiro atoms. The van der Waals surface area contributed by atoms with Crippen LogP contribution in [-0.2, 0) is 0 Å². The molecular weight excluding hydrogens is 408 g/mol. The minimum absolute atomic E-state index is 0.0619. The Bertz CT molecular complexity index is 949. The first-order chi connectivity index (χ1) is 15.3. The highest BCUT2D eigenvalue weighted by Gasteiger charge is 2.13. The van der Waals surface area contributed by atoms with Crippen LogP contribution in [0.25, 0.3) is 0 Å². The number of ether oxygens (including phenoxy) is 4. The zero-order chi connectivity index (χ0) is 23.1. The Labute approximate surface area is 187 Å². The maximum absolute atomic E-state index is 12.4. The summed E-state index contributed by atoms with van der Waals surface area (Å²) in [5.41, 5.74) is 0.637. The van der Waals surface area contributed by atoms with Crippen LogP contribution in [0.15, 0.2) is 72.8 Å². The molecule has 166 valence electrons. The molecule has 0 bridgehead atoms. The van der Waals surface area contributed by atoms with Gasteiger partial charge in [0.05, 0.1) is 23.3 Å². The summed E-state index contributed by atoms with van der Waals surface area (Å²) in [6.45, 7) is 7.75. The van der Waals surface area contributed by atoms with Gasteiger partial charge in [-0.1, -0.05) is 0 Å². The van der Waals surface area contributed by atoms with Gasteiger partial charge < -0.3 is 18.9 Å². The number of rotatable bonds is 8. The van der Waals surface area contributed by atoms with Gasteiger partial charge in [-0.3, -0.25) is 0 Å². The van der Waals surface area contributed by atoms with Gasteiger partial charge in [-0.2, -0.15) is 0 Å². The standard InChI is InChI=1S/C26H26O6/c1-17(2)29-21-9-13-23(14-10-21)31-25(27)19-5-7-20(8-6-19)26(28)32-24-15-11-22(12-16-24)30-18(3)4/h5-18H,1-4H3. The maximum Gasteiger partial charge on any atom is 0.343 e. The molecule has 0 aromatic heterocycles. The highest BCUT2D eigenvalue weighted by atomic mass is 16.5. The summed E-state index contributed by atoms with van der Waals surface area (Å²) < 4.78 is 21.9. The lowest BCUT2D eigenvalue weighted by atomic mass is 10.1. The highest BCUT2D eigenvalue weighted by molar-refractivity contribution is 5.94. The van der Waals surface area contributed by atoms with Crippen LogP contribution in [0.2, 0.25) is 0 Å². The van der Waals surface area contributed by atoms with Crippen molar-refractivity contribution in [3.63, 3.8) is 0 Å². The Morgan fingerprint density at radius 2 is 0.781 bits per heavy atom. The van der Waals surface area contributed by atoms with Crippen LogP contribution in [0.3, 0.4) is 0 Å². The monoisotopic (exact) mass is 434 g/mol. The van der Waals surface area contributed by atoms with Crippen LogP contribution in [0.1, 0.15) is 48.4 Å². The molecule has 3 aromatic carbocycles. The van der Waals surface area contributed by atoms with Crippen LogP contribution in [-0.4, -0.2) is 24.1 Å². The van der Waals surface area contributed by atoms with Crippen LogP contribution in [0, 0.1) is 0 Å². The van der Waals surface area contributed by atoms with Gasteiger partial charge >= 0.3 is 11.9 Å². The lowest BCUT2D eigenvalue weighted by molar-refractivity contribution is 0.0720. The van der Waals surface area contributed by atoms with Crippen LogP contribution in [0.5, 0.6) is 23.0 Å². The number of hydrogen-bond donors (Lipinski definition) is 0. The van der Waals surface area contributed by atoms with E-state index in [0.717, 1.165) is 0 Å². The molecule has 0 saturated carbocycles. The van der Waals surface area contributed by atoms with Crippen molar-refractivity contribution in [1.29, 1.82) is 0 Å². The third-order valence-electron chi connectivity index (χ3n) is 4.17.